The predicted octanol–water partition coefficient (Wildman–Crippen LogP) is 1.83. The molecule has 0 radical (unpaired) electrons. The monoisotopic (exact) mass is 225 g/mol. The Morgan fingerprint density at radius 2 is 2.12 bits per heavy atom. The summed E-state index contributed by atoms with van der Waals surface area (Å²) in [4.78, 5) is 0. The Morgan fingerprint density at radius 3 is 2.88 bits per heavy atom. The highest BCUT2D eigenvalue weighted by molar-refractivity contribution is 5.36. The number of hydrogen-bond acceptors (Lipinski definition) is 2. The first kappa shape index (κ1) is 11.4. The SMILES string of the molecule is CCNCC#Cc1cnn(-c2ccccc2)c1. The lowest BCUT2D eigenvalue weighted by molar-refractivity contribution is 0.811. The van der Waals surface area contributed by atoms with E-state index in [4.69, 9.17) is 0 Å². The summed E-state index contributed by atoms with van der Waals surface area (Å²) in [5, 5.41) is 7.44. The first-order valence-corrected chi connectivity index (χ1v) is 5.70. The van der Waals surface area contributed by atoms with Gasteiger partial charge in [0.15, 0.2) is 0 Å². The number of nitrogens with one attached hydrogen (secondary N) is 1. The van der Waals surface area contributed by atoms with Crippen LogP contribution in [0.1, 0.15) is 12.5 Å². The molecule has 0 atom stereocenters. The molecule has 0 aliphatic rings. The van der Waals surface area contributed by atoms with Crippen LogP contribution in [0.4, 0.5) is 0 Å². The minimum Gasteiger partial charge on any atom is -0.306 e. The van der Waals surface area contributed by atoms with Gasteiger partial charge in [-0.3, -0.25) is 0 Å². The zero-order valence-corrected chi connectivity index (χ0v) is 9.85. The van der Waals surface area contributed by atoms with Gasteiger partial charge in [-0.25, -0.2) is 4.68 Å². The number of hydrogen-bond donors (Lipinski definition) is 1. The third kappa shape index (κ3) is 3.20. The van der Waals surface area contributed by atoms with E-state index in [-0.39, 0.29) is 0 Å². The minimum absolute atomic E-state index is 0.715. The molecule has 2 aromatic rings. The van der Waals surface area contributed by atoms with Crippen LogP contribution in [0.15, 0.2) is 42.7 Å². The summed E-state index contributed by atoms with van der Waals surface area (Å²) in [7, 11) is 0. The summed E-state index contributed by atoms with van der Waals surface area (Å²) in [5.74, 6) is 6.13. The van der Waals surface area contributed by atoms with Gasteiger partial charge in [-0.15, -0.1) is 0 Å². The van der Waals surface area contributed by atoms with Gasteiger partial charge >= 0.3 is 0 Å². The summed E-state index contributed by atoms with van der Waals surface area (Å²) >= 11 is 0. The van der Waals surface area contributed by atoms with Crippen LogP contribution in [0.3, 0.4) is 0 Å². The number of benzene rings is 1. The van der Waals surface area contributed by atoms with Crippen molar-refractivity contribution in [2.45, 2.75) is 6.92 Å². The summed E-state index contributed by atoms with van der Waals surface area (Å²) in [5.41, 5.74) is 1.99. The molecule has 0 bridgehead atoms. The van der Waals surface area contributed by atoms with Crippen molar-refractivity contribution in [2.75, 3.05) is 13.1 Å². The zero-order valence-electron chi connectivity index (χ0n) is 9.85. The van der Waals surface area contributed by atoms with Crippen molar-refractivity contribution < 1.29 is 0 Å². The van der Waals surface area contributed by atoms with E-state index in [2.05, 4.69) is 29.2 Å². The molecule has 0 unspecified atom stereocenters. The number of para-hydroxylation sites is 1. The molecule has 0 aliphatic heterocycles. The van der Waals surface area contributed by atoms with Gasteiger partial charge in [-0.05, 0) is 18.7 Å². The van der Waals surface area contributed by atoms with Crippen molar-refractivity contribution in [1.29, 1.82) is 0 Å². The molecule has 1 N–H and O–H groups in total. The molecule has 0 saturated carbocycles. The Morgan fingerprint density at radius 1 is 1.29 bits per heavy atom. The highest BCUT2D eigenvalue weighted by Gasteiger charge is 1.96. The second-order valence-electron chi connectivity index (χ2n) is 3.59. The van der Waals surface area contributed by atoms with Gasteiger partial charge in [-0.1, -0.05) is 37.0 Å². The second-order valence-corrected chi connectivity index (χ2v) is 3.59. The van der Waals surface area contributed by atoms with Gasteiger partial charge in [0.05, 0.1) is 24.0 Å². The van der Waals surface area contributed by atoms with Crippen molar-refractivity contribution in [3.8, 4) is 17.5 Å². The third-order valence-electron chi connectivity index (χ3n) is 2.30. The van der Waals surface area contributed by atoms with Crippen molar-refractivity contribution >= 4 is 0 Å². The molecule has 17 heavy (non-hydrogen) atoms. The lowest BCUT2D eigenvalue weighted by Gasteiger charge is -1.98. The van der Waals surface area contributed by atoms with Crippen LogP contribution in [0.5, 0.6) is 0 Å². The van der Waals surface area contributed by atoms with E-state index in [0.29, 0.717) is 6.54 Å². The molecule has 3 heteroatoms. The predicted molar refractivity (Wildman–Crippen MR) is 69.0 cm³/mol. The summed E-state index contributed by atoms with van der Waals surface area (Å²) < 4.78 is 1.83. The van der Waals surface area contributed by atoms with E-state index < -0.39 is 0 Å². The lowest BCUT2D eigenvalue weighted by atomic mass is 10.3. The maximum Gasteiger partial charge on any atom is 0.0651 e. The molecule has 0 amide bonds. The van der Waals surface area contributed by atoms with E-state index >= 15 is 0 Å². The Kier molecular flexibility index (Phi) is 3.95. The maximum absolute atomic E-state index is 4.28. The second kappa shape index (κ2) is 5.88. The fraction of sp³-hybridized carbons (Fsp3) is 0.214. The van der Waals surface area contributed by atoms with Crippen LogP contribution in [-0.2, 0) is 0 Å². The molecule has 1 aromatic heterocycles. The summed E-state index contributed by atoms with van der Waals surface area (Å²) in [6.45, 7) is 3.72. The fourth-order valence-corrected chi connectivity index (χ4v) is 1.44. The van der Waals surface area contributed by atoms with Crippen molar-refractivity contribution in [3.05, 3.63) is 48.3 Å². The van der Waals surface area contributed by atoms with Crippen LogP contribution in [0.2, 0.25) is 0 Å². The molecule has 3 nitrogen and oxygen atoms in total. The highest BCUT2D eigenvalue weighted by Crippen LogP contribution is 2.06. The quantitative estimate of drug-likeness (QED) is 0.638. The van der Waals surface area contributed by atoms with E-state index in [1.54, 1.807) is 6.20 Å². The molecule has 0 spiro atoms. The third-order valence-corrected chi connectivity index (χ3v) is 2.30. The molecule has 0 aliphatic carbocycles. The van der Waals surface area contributed by atoms with Crippen LogP contribution in [-0.4, -0.2) is 22.9 Å². The van der Waals surface area contributed by atoms with Gasteiger partial charge in [0, 0.05) is 6.20 Å². The van der Waals surface area contributed by atoms with Gasteiger partial charge in [0.25, 0.3) is 0 Å². The summed E-state index contributed by atoms with van der Waals surface area (Å²) in [6.07, 6.45) is 3.72. The number of rotatable bonds is 3. The largest absolute Gasteiger partial charge is 0.306 e. The van der Waals surface area contributed by atoms with E-state index in [9.17, 15) is 0 Å². The standard InChI is InChI=1S/C14H15N3/c1-2-15-10-6-7-13-11-16-17(12-13)14-8-4-3-5-9-14/h3-5,8-9,11-12,15H,2,10H2,1H3. The fourth-order valence-electron chi connectivity index (χ4n) is 1.44. The Labute approximate surface area is 101 Å². The van der Waals surface area contributed by atoms with Gasteiger partial charge < -0.3 is 5.32 Å². The van der Waals surface area contributed by atoms with Crippen molar-refractivity contribution in [1.82, 2.24) is 15.1 Å². The first-order chi connectivity index (χ1) is 8.40. The molecule has 1 aromatic carbocycles. The lowest BCUT2D eigenvalue weighted by Crippen LogP contribution is -2.11. The topological polar surface area (TPSA) is 29.9 Å². The Hall–Kier alpha value is -2.05. The highest BCUT2D eigenvalue weighted by atomic mass is 15.3. The van der Waals surface area contributed by atoms with E-state index in [1.165, 1.54) is 0 Å². The minimum atomic E-state index is 0.715. The normalized spacial score (nSPS) is 9.71. The van der Waals surface area contributed by atoms with Crippen LogP contribution >= 0.6 is 0 Å². The van der Waals surface area contributed by atoms with Gasteiger partial charge in [0.2, 0.25) is 0 Å². The summed E-state index contributed by atoms with van der Waals surface area (Å²) in [6, 6.07) is 10.0. The molecular formula is C14H15N3. The van der Waals surface area contributed by atoms with E-state index in [1.807, 2.05) is 41.2 Å². The molecule has 2 rings (SSSR count). The average Bonchev–Trinajstić information content (AvgIpc) is 2.85. The molecule has 0 fully saturated rings. The molecule has 1 heterocycles. The Bertz CT molecular complexity index is 517. The van der Waals surface area contributed by atoms with Crippen molar-refractivity contribution in [2.24, 2.45) is 0 Å². The zero-order chi connectivity index (χ0) is 11.9. The maximum atomic E-state index is 4.28. The molecular weight excluding hydrogens is 210 g/mol. The number of aromatic nitrogens is 2. The van der Waals surface area contributed by atoms with Crippen LogP contribution in [0.25, 0.3) is 5.69 Å². The smallest absolute Gasteiger partial charge is 0.0651 e. The van der Waals surface area contributed by atoms with Crippen LogP contribution in [0, 0.1) is 11.8 Å². The molecule has 0 saturated heterocycles. The number of nitrogens with zero attached hydrogens (tertiary/aromatic N) is 2. The van der Waals surface area contributed by atoms with E-state index in [0.717, 1.165) is 17.8 Å². The molecule has 86 valence electrons. The first-order valence-electron chi connectivity index (χ1n) is 5.70. The van der Waals surface area contributed by atoms with Crippen molar-refractivity contribution in [3.63, 3.8) is 0 Å². The average molecular weight is 225 g/mol. The van der Waals surface area contributed by atoms with Gasteiger partial charge in [0.1, 0.15) is 0 Å². The van der Waals surface area contributed by atoms with Crippen LogP contribution < -0.4 is 5.32 Å². The Balaban J connectivity index is 2.08. The van der Waals surface area contributed by atoms with Gasteiger partial charge in [-0.2, -0.15) is 5.10 Å².